The monoisotopic (exact) mass is 253 g/mol. The van der Waals surface area contributed by atoms with Gasteiger partial charge in [-0.2, -0.15) is 0 Å². The number of carbonyl (C=O) groups excluding carboxylic acids is 1. The summed E-state index contributed by atoms with van der Waals surface area (Å²) in [5.74, 6) is 0.246. The molecular formula is C6H10IN2O. The maximum absolute atomic E-state index is 11.0. The van der Waals surface area contributed by atoms with E-state index in [1.54, 1.807) is 0 Å². The molecule has 0 atom stereocenters. The van der Waals surface area contributed by atoms with E-state index >= 15 is 0 Å². The van der Waals surface area contributed by atoms with E-state index in [9.17, 15) is 4.79 Å². The Balaban J connectivity index is 2.31. The minimum atomic E-state index is 0.246. The van der Waals surface area contributed by atoms with Crippen molar-refractivity contribution in [3.8, 4) is 0 Å². The van der Waals surface area contributed by atoms with E-state index in [-0.39, 0.29) is 5.91 Å². The third-order valence-electron chi connectivity index (χ3n) is 1.52. The van der Waals surface area contributed by atoms with Gasteiger partial charge in [0.2, 0.25) is 5.91 Å². The highest BCUT2D eigenvalue weighted by Gasteiger charge is 2.14. The first kappa shape index (κ1) is 8.26. The fourth-order valence-corrected chi connectivity index (χ4v) is 1.42. The van der Waals surface area contributed by atoms with Gasteiger partial charge in [0.25, 0.3) is 0 Å². The Morgan fingerprint density at radius 2 is 2.10 bits per heavy atom. The quantitative estimate of drug-likeness (QED) is 0.473. The Kier molecular flexibility index (Phi) is 3.41. The summed E-state index contributed by atoms with van der Waals surface area (Å²) in [7, 11) is 0. The second-order valence-electron chi connectivity index (χ2n) is 2.19. The minimum absolute atomic E-state index is 0.246. The van der Waals surface area contributed by atoms with Crippen molar-refractivity contribution in [2.24, 2.45) is 0 Å². The predicted molar refractivity (Wildman–Crippen MR) is 47.3 cm³/mol. The number of hydrogen-bond acceptors (Lipinski definition) is 1. The Labute approximate surface area is 74.3 Å². The molecule has 57 valence electrons. The lowest BCUT2D eigenvalue weighted by molar-refractivity contribution is -0.128. The van der Waals surface area contributed by atoms with Crippen LogP contribution in [0.5, 0.6) is 0 Å². The van der Waals surface area contributed by atoms with Crippen LogP contribution in [0.15, 0.2) is 0 Å². The van der Waals surface area contributed by atoms with E-state index in [2.05, 4.69) is 27.9 Å². The molecule has 1 aliphatic rings. The van der Waals surface area contributed by atoms with Crippen LogP contribution >= 0.6 is 22.6 Å². The summed E-state index contributed by atoms with van der Waals surface area (Å²) in [5.41, 5.74) is 0. The lowest BCUT2D eigenvalue weighted by atomic mass is 10.4. The number of nitrogens with zero attached hydrogens (tertiary/aromatic N) is 2. The van der Waals surface area contributed by atoms with Crippen molar-refractivity contribution in [3.05, 3.63) is 0 Å². The van der Waals surface area contributed by atoms with Gasteiger partial charge in [-0.25, -0.2) is 5.32 Å². The van der Waals surface area contributed by atoms with Gasteiger partial charge in [-0.15, -0.1) is 0 Å². The SMILES string of the molecule is O=C(CI)N1CC[N]CC1. The van der Waals surface area contributed by atoms with Crippen LogP contribution in [0, 0.1) is 0 Å². The van der Waals surface area contributed by atoms with E-state index in [0.29, 0.717) is 4.43 Å². The first-order valence-corrected chi connectivity index (χ1v) is 4.84. The van der Waals surface area contributed by atoms with Crippen LogP contribution in [0.2, 0.25) is 0 Å². The van der Waals surface area contributed by atoms with Crippen LogP contribution in [-0.4, -0.2) is 41.4 Å². The van der Waals surface area contributed by atoms with Crippen LogP contribution in [0.4, 0.5) is 0 Å². The first-order valence-electron chi connectivity index (χ1n) is 3.31. The molecule has 1 saturated heterocycles. The molecule has 0 spiro atoms. The van der Waals surface area contributed by atoms with Gasteiger partial charge >= 0.3 is 0 Å². The van der Waals surface area contributed by atoms with Gasteiger partial charge in [0, 0.05) is 26.2 Å². The average molecular weight is 253 g/mol. The Morgan fingerprint density at radius 1 is 1.50 bits per heavy atom. The summed E-state index contributed by atoms with van der Waals surface area (Å²) in [4.78, 5) is 12.9. The lowest BCUT2D eigenvalue weighted by Gasteiger charge is -2.25. The molecule has 0 bridgehead atoms. The summed E-state index contributed by atoms with van der Waals surface area (Å²) in [6.45, 7) is 3.29. The molecule has 1 radical (unpaired) electrons. The zero-order valence-electron chi connectivity index (χ0n) is 5.72. The molecule has 3 nitrogen and oxygen atoms in total. The lowest BCUT2D eigenvalue weighted by Crippen LogP contribution is -2.44. The summed E-state index contributed by atoms with van der Waals surface area (Å²) in [5, 5.41) is 4.15. The van der Waals surface area contributed by atoms with Crippen LogP contribution in [0.25, 0.3) is 0 Å². The molecule has 1 amide bonds. The Hall–Kier alpha value is 0.160. The van der Waals surface area contributed by atoms with Crippen molar-refractivity contribution in [2.75, 3.05) is 30.6 Å². The fraction of sp³-hybridized carbons (Fsp3) is 0.833. The molecule has 0 saturated carbocycles. The van der Waals surface area contributed by atoms with Crippen molar-refractivity contribution in [2.45, 2.75) is 0 Å². The summed E-state index contributed by atoms with van der Waals surface area (Å²) in [6, 6.07) is 0. The van der Waals surface area contributed by atoms with E-state index in [0.717, 1.165) is 26.2 Å². The molecule has 0 aromatic heterocycles. The number of carbonyl (C=O) groups is 1. The topological polar surface area (TPSA) is 34.4 Å². The molecule has 10 heavy (non-hydrogen) atoms. The largest absolute Gasteiger partial charge is 0.339 e. The number of hydrogen-bond donors (Lipinski definition) is 0. The smallest absolute Gasteiger partial charge is 0.232 e. The molecule has 0 aliphatic carbocycles. The van der Waals surface area contributed by atoms with Crippen molar-refractivity contribution in [3.63, 3.8) is 0 Å². The van der Waals surface area contributed by atoms with Gasteiger partial charge in [-0.3, -0.25) is 4.79 Å². The molecule has 0 N–H and O–H groups in total. The highest BCUT2D eigenvalue weighted by molar-refractivity contribution is 14.1. The average Bonchev–Trinajstić information content (AvgIpc) is 2.05. The summed E-state index contributed by atoms with van der Waals surface area (Å²) in [6.07, 6.45) is 0. The Bertz CT molecular complexity index is 123. The van der Waals surface area contributed by atoms with Gasteiger partial charge in [0.05, 0.1) is 4.43 Å². The van der Waals surface area contributed by atoms with Gasteiger partial charge in [-0.1, -0.05) is 22.6 Å². The number of piperazine rings is 1. The molecule has 1 aliphatic heterocycles. The molecule has 0 aromatic carbocycles. The van der Waals surface area contributed by atoms with Crippen molar-refractivity contribution in [1.29, 1.82) is 0 Å². The van der Waals surface area contributed by atoms with Crippen molar-refractivity contribution in [1.82, 2.24) is 10.2 Å². The van der Waals surface area contributed by atoms with Crippen molar-refractivity contribution >= 4 is 28.5 Å². The van der Waals surface area contributed by atoms with Crippen LogP contribution in [-0.2, 0) is 4.79 Å². The maximum Gasteiger partial charge on any atom is 0.232 e. The highest BCUT2D eigenvalue weighted by Crippen LogP contribution is 1.96. The summed E-state index contributed by atoms with van der Waals surface area (Å²) < 4.78 is 0.595. The molecular weight excluding hydrogens is 243 g/mol. The van der Waals surface area contributed by atoms with Gasteiger partial charge in [0.1, 0.15) is 0 Å². The summed E-state index contributed by atoms with van der Waals surface area (Å²) >= 11 is 2.09. The van der Waals surface area contributed by atoms with Gasteiger partial charge < -0.3 is 4.90 Å². The normalized spacial score (nSPS) is 19.1. The van der Waals surface area contributed by atoms with Crippen LogP contribution < -0.4 is 5.32 Å². The third kappa shape index (κ3) is 2.09. The van der Waals surface area contributed by atoms with E-state index in [4.69, 9.17) is 0 Å². The number of amides is 1. The van der Waals surface area contributed by atoms with Crippen molar-refractivity contribution < 1.29 is 4.79 Å². The molecule has 0 unspecified atom stereocenters. The molecule has 4 heteroatoms. The Morgan fingerprint density at radius 3 is 2.60 bits per heavy atom. The predicted octanol–water partition coefficient (Wildman–Crippen LogP) is -0.132. The number of rotatable bonds is 1. The third-order valence-corrected chi connectivity index (χ3v) is 2.18. The number of halogens is 1. The van der Waals surface area contributed by atoms with E-state index in [1.807, 2.05) is 4.90 Å². The minimum Gasteiger partial charge on any atom is -0.339 e. The van der Waals surface area contributed by atoms with Crippen LogP contribution in [0.1, 0.15) is 0 Å². The zero-order chi connectivity index (χ0) is 7.40. The van der Waals surface area contributed by atoms with Crippen LogP contribution in [0.3, 0.4) is 0 Å². The standard InChI is InChI=1S/C6H10IN2O/c7-5-6(10)9-3-1-8-2-4-9/h1-5H2. The highest BCUT2D eigenvalue weighted by atomic mass is 127. The molecule has 1 heterocycles. The molecule has 1 fully saturated rings. The number of alkyl halides is 1. The fourth-order valence-electron chi connectivity index (χ4n) is 0.940. The zero-order valence-corrected chi connectivity index (χ0v) is 7.87. The van der Waals surface area contributed by atoms with Gasteiger partial charge in [-0.05, 0) is 0 Å². The first-order chi connectivity index (χ1) is 4.84. The maximum atomic E-state index is 11.0. The second-order valence-corrected chi connectivity index (χ2v) is 2.95. The van der Waals surface area contributed by atoms with E-state index < -0.39 is 0 Å². The van der Waals surface area contributed by atoms with Gasteiger partial charge in [0.15, 0.2) is 0 Å². The molecule has 0 aromatic rings. The second kappa shape index (κ2) is 4.12. The molecule has 1 rings (SSSR count). The van der Waals surface area contributed by atoms with E-state index in [1.165, 1.54) is 0 Å².